The molecule has 6 nitrogen and oxygen atoms in total. The van der Waals surface area contributed by atoms with Crippen LogP contribution in [-0.2, 0) is 11.3 Å². The van der Waals surface area contributed by atoms with Crippen LogP contribution in [0.2, 0.25) is 0 Å². The van der Waals surface area contributed by atoms with Crippen LogP contribution in [0.25, 0.3) is 5.69 Å². The highest BCUT2D eigenvalue weighted by molar-refractivity contribution is 9.10. The smallest absolute Gasteiger partial charge is 0.339 e. The van der Waals surface area contributed by atoms with E-state index in [9.17, 15) is 14.7 Å². The summed E-state index contributed by atoms with van der Waals surface area (Å²) >= 11 is 3.40. The molecule has 7 heteroatoms. The van der Waals surface area contributed by atoms with Crippen LogP contribution in [0.4, 0.5) is 5.69 Å². The molecule has 2 aromatic carbocycles. The maximum Gasteiger partial charge on any atom is 0.339 e. The Morgan fingerprint density at radius 1 is 1.07 bits per heavy atom. The first-order valence-electron chi connectivity index (χ1n) is 8.97. The average molecular weight is 457 g/mol. The largest absolute Gasteiger partial charge is 0.507 e. The quantitative estimate of drug-likeness (QED) is 0.576. The molecule has 1 aromatic heterocycles. The third-order valence-corrected chi connectivity index (χ3v) is 5.38. The third kappa shape index (κ3) is 4.19. The number of nitrogens with zero attached hydrogens (tertiary/aromatic N) is 2. The molecule has 0 saturated carbocycles. The van der Waals surface area contributed by atoms with Crippen LogP contribution in [0.3, 0.4) is 0 Å². The molecule has 0 fully saturated rings. The topological polar surface area (TPSA) is 82.8 Å². The zero-order valence-electron chi connectivity index (χ0n) is 16.3. The molecule has 0 aliphatic carbocycles. The zero-order valence-corrected chi connectivity index (χ0v) is 17.9. The van der Waals surface area contributed by atoms with Gasteiger partial charge in [-0.1, -0.05) is 15.9 Å². The van der Waals surface area contributed by atoms with Gasteiger partial charge in [0, 0.05) is 40.2 Å². The van der Waals surface area contributed by atoms with Crippen molar-refractivity contribution in [1.29, 1.82) is 0 Å². The van der Waals surface area contributed by atoms with Gasteiger partial charge in [-0.05, 0) is 61.9 Å². The van der Waals surface area contributed by atoms with Gasteiger partial charge in [0.1, 0.15) is 11.3 Å². The lowest BCUT2D eigenvalue weighted by Gasteiger charge is -2.21. The van der Waals surface area contributed by atoms with E-state index < -0.39 is 5.97 Å². The van der Waals surface area contributed by atoms with E-state index >= 15 is 0 Å². The Hall–Kier alpha value is -3.06. The van der Waals surface area contributed by atoms with E-state index in [2.05, 4.69) is 15.9 Å². The molecule has 1 amide bonds. The van der Waals surface area contributed by atoms with E-state index in [0.29, 0.717) is 12.2 Å². The highest BCUT2D eigenvalue weighted by atomic mass is 79.9. The first kappa shape index (κ1) is 20.7. The Morgan fingerprint density at radius 2 is 1.72 bits per heavy atom. The predicted molar refractivity (Wildman–Crippen MR) is 115 cm³/mol. The molecule has 0 atom stereocenters. The number of benzene rings is 2. The molecule has 3 aromatic rings. The first-order chi connectivity index (χ1) is 13.7. The lowest BCUT2D eigenvalue weighted by atomic mass is 10.1. The van der Waals surface area contributed by atoms with Gasteiger partial charge in [0.05, 0.1) is 6.54 Å². The molecule has 0 radical (unpaired) electrons. The number of carboxylic acids is 1. The molecule has 29 heavy (non-hydrogen) atoms. The van der Waals surface area contributed by atoms with Gasteiger partial charge in [0.15, 0.2) is 0 Å². The second-order valence-electron chi connectivity index (χ2n) is 6.82. The van der Waals surface area contributed by atoms with Gasteiger partial charge < -0.3 is 19.7 Å². The number of carboxylic acid groups (broad SMARTS) is 1. The van der Waals surface area contributed by atoms with E-state index in [4.69, 9.17) is 5.11 Å². The van der Waals surface area contributed by atoms with Gasteiger partial charge in [-0.2, -0.15) is 0 Å². The summed E-state index contributed by atoms with van der Waals surface area (Å²) < 4.78 is 2.87. The molecule has 0 aliphatic heterocycles. The fourth-order valence-corrected chi connectivity index (χ4v) is 3.67. The van der Waals surface area contributed by atoms with Crippen LogP contribution < -0.4 is 4.90 Å². The van der Waals surface area contributed by atoms with Crippen molar-refractivity contribution >= 4 is 33.5 Å². The number of amides is 1. The second-order valence-corrected chi connectivity index (χ2v) is 7.74. The van der Waals surface area contributed by atoms with E-state index in [-0.39, 0.29) is 17.2 Å². The van der Waals surface area contributed by atoms with Gasteiger partial charge in [-0.15, -0.1) is 0 Å². The molecule has 0 saturated heterocycles. The maximum absolute atomic E-state index is 12.3. The number of carbonyl (C=O) groups excluding carboxylic acids is 1. The molecule has 0 unspecified atom stereocenters. The number of aryl methyl sites for hydroxylation is 1. The Balaban J connectivity index is 1.98. The number of aromatic hydroxyl groups is 1. The molecule has 0 bridgehead atoms. The van der Waals surface area contributed by atoms with Crippen molar-refractivity contribution in [1.82, 2.24) is 4.57 Å². The van der Waals surface area contributed by atoms with Gasteiger partial charge in [0.2, 0.25) is 5.91 Å². The number of rotatable bonds is 5. The normalized spacial score (nSPS) is 10.8. The van der Waals surface area contributed by atoms with Gasteiger partial charge in [-0.25, -0.2) is 4.79 Å². The summed E-state index contributed by atoms with van der Waals surface area (Å²) in [5.41, 5.74) is 4.10. The number of hydrogen-bond donors (Lipinski definition) is 2. The monoisotopic (exact) mass is 456 g/mol. The highest BCUT2D eigenvalue weighted by Gasteiger charge is 2.18. The molecule has 150 valence electrons. The van der Waals surface area contributed by atoms with Crippen molar-refractivity contribution in [3.8, 4) is 11.4 Å². The summed E-state index contributed by atoms with van der Waals surface area (Å²) in [5, 5.41) is 19.2. The molecule has 0 spiro atoms. The SMILES string of the molecule is CC(=O)N(Cc1cc(C)n(-c2ccc(C(=O)O)c(O)c2)c1C)c1ccc(Br)cc1. The lowest BCUT2D eigenvalue weighted by molar-refractivity contribution is -0.116. The second kappa shape index (κ2) is 8.13. The Bertz CT molecular complexity index is 1090. The van der Waals surface area contributed by atoms with E-state index in [1.165, 1.54) is 19.1 Å². The van der Waals surface area contributed by atoms with Crippen molar-refractivity contribution < 1.29 is 19.8 Å². The maximum atomic E-state index is 12.3. The van der Waals surface area contributed by atoms with Crippen molar-refractivity contribution in [2.45, 2.75) is 27.3 Å². The summed E-state index contributed by atoms with van der Waals surface area (Å²) in [6.45, 7) is 5.79. The Kier molecular flexibility index (Phi) is 5.79. The molecule has 2 N–H and O–H groups in total. The molecule has 3 rings (SSSR count). The van der Waals surface area contributed by atoms with Gasteiger partial charge >= 0.3 is 5.97 Å². The van der Waals surface area contributed by atoms with E-state index in [1.807, 2.05) is 48.7 Å². The number of aromatic carboxylic acids is 1. The van der Waals surface area contributed by atoms with E-state index in [1.54, 1.807) is 11.0 Å². The van der Waals surface area contributed by atoms with E-state index in [0.717, 1.165) is 27.1 Å². The summed E-state index contributed by atoms with van der Waals surface area (Å²) in [4.78, 5) is 25.1. The predicted octanol–water partition coefficient (Wildman–Crippen LogP) is 4.81. The Labute approximate surface area is 177 Å². The average Bonchev–Trinajstić information content (AvgIpc) is 2.93. The van der Waals surface area contributed by atoms with Crippen molar-refractivity contribution in [2.75, 3.05) is 4.90 Å². The summed E-state index contributed by atoms with van der Waals surface area (Å²) in [7, 11) is 0. The fraction of sp³-hybridized carbons (Fsp3) is 0.182. The Morgan fingerprint density at radius 3 is 2.28 bits per heavy atom. The molecule has 1 heterocycles. The van der Waals surface area contributed by atoms with Crippen LogP contribution in [0.1, 0.15) is 34.2 Å². The number of carbonyl (C=O) groups is 2. The molecular weight excluding hydrogens is 436 g/mol. The lowest BCUT2D eigenvalue weighted by Crippen LogP contribution is -2.27. The van der Waals surface area contributed by atoms with Crippen LogP contribution in [0.15, 0.2) is 53.0 Å². The summed E-state index contributed by atoms with van der Waals surface area (Å²) in [5.74, 6) is -1.54. The number of aromatic nitrogens is 1. The van der Waals surface area contributed by atoms with Crippen molar-refractivity contribution in [3.63, 3.8) is 0 Å². The summed E-state index contributed by atoms with van der Waals surface area (Å²) in [6, 6.07) is 14.0. The molecule has 0 aliphatic rings. The van der Waals surface area contributed by atoms with Crippen molar-refractivity contribution in [2.24, 2.45) is 0 Å². The fourth-order valence-electron chi connectivity index (χ4n) is 3.40. The zero-order chi connectivity index (χ0) is 21.3. The number of hydrogen-bond acceptors (Lipinski definition) is 3. The molecular formula is C22H21BrN2O4. The van der Waals surface area contributed by atoms with Gasteiger partial charge in [-0.3, -0.25) is 4.79 Å². The minimum absolute atomic E-state index is 0.0689. The van der Waals surface area contributed by atoms with Crippen LogP contribution in [-0.4, -0.2) is 26.7 Å². The minimum atomic E-state index is -1.18. The van der Waals surface area contributed by atoms with Crippen molar-refractivity contribution in [3.05, 3.63) is 75.5 Å². The third-order valence-electron chi connectivity index (χ3n) is 4.85. The van der Waals surface area contributed by atoms with Crippen LogP contribution in [0, 0.1) is 13.8 Å². The number of halogens is 1. The minimum Gasteiger partial charge on any atom is -0.507 e. The highest BCUT2D eigenvalue weighted by Crippen LogP contribution is 2.28. The standard InChI is InChI=1S/C22H21BrN2O4/c1-13-10-16(12-24(15(3)26)18-6-4-17(23)5-7-18)14(2)25(13)19-8-9-20(22(28)29)21(27)11-19/h4-11,27H,12H2,1-3H3,(H,28,29). The number of anilines is 1. The van der Waals surface area contributed by atoms with Crippen LogP contribution >= 0.6 is 15.9 Å². The first-order valence-corrected chi connectivity index (χ1v) is 9.76. The van der Waals surface area contributed by atoms with Gasteiger partial charge in [0.25, 0.3) is 0 Å². The van der Waals surface area contributed by atoms with Crippen LogP contribution in [0.5, 0.6) is 5.75 Å². The number of phenols is 1. The summed E-state index contributed by atoms with van der Waals surface area (Å²) in [6.07, 6.45) is 0.